The number of amidine groups is 1. The van der Waals surface area contributed by atoms with E-state index in [0.29, 0.717) is 11.5 Å². The summed E-state index contributed by atoms with van der Waals surface area (Å²) in [5.41, 5.74) is 3.14. The van der Waals surface area contributed by atoms with Crippen LogP contribution in [-0.4, -0.2) is 36.7 Å². The molecule has 2 aliphatic rings. The summed E-state index contributed by atoms with van der Waals surface area (Å²) >= 11 is 1.13. The van der Waals surface area contributed by atoms with Crippen molar-refractivity contribution in [1.29, 1.82) is 5.41 Å². The maximum Gasteiger partial charge on any atom is 0.325 e. The standard InChI is InChI=1S/C17H19N3O3S/c1-2-23-15(21)10-20-7-3-4-12-8-11(5-6-13(12)20)9-14-16(22)19-17(18)24-14/h5-6,8-9H,2-4,7,10H2,1H3,(H2,18,19,22)/b14-9-. The molecule has 6 nitrogen and oxygen atoms in total. The van der Waals surface area contributed by atoms with Crippen LogP contribution in [0.4, 0.5) is 5.69 Å². The van der Waals surface area contributed by atoms with E-state index in [9.17, 15) is 9.59 Å². The highest BCUT2D eigenvalue weighted by molar-refractivity contribution is 8.18. The van der Waals surface area contributed by atoms with Gasteiger partial charge in [-0.3, -0.25) is 15.0 Å². The second-order valence-electron chi connectivity index (χ2n) is 5.61. The van der Waals surface area contributed by atoms with Gasteiger partial charge in [-0.1, -0.05) is 6.07 Å². The molecular formula is C17H19N3O3S. The largest absolute Gasteiger partial charge is 0.465 e. The number of ether oxygens (including phenoxy) is 1. The first-order chi connectivity index (χ1) is 11.6. The molecule has 2 aliphatic heterocycles. The minimum absolute atomic E-state index is 0.157. The van der Waals surface area contributed by atoms with E-state index in [1.54, 1.807) is 13.0 Å². The van der Waals surface area contributed by atoms with Crippen LogP contribution < -0.4 is 10.2 Å². The molecule has 1 amide bonds. The number of aryl methyl sites for hydroxylation is 1. The van der Waals surface area contributed by atoms with Gasteiger partial charge in [0, 0.05) is 12.2 Å². The molecule has 1 fully saturated rings. The lowest BCUT2D eigenvalue weighted by atomic mass is 9.99. The van der Waals surface area contributed by atoms with Crippen LogP contribution in [-0.2, 0) is 20.7 Å². The van der Waals surface area contributed by atoms with Crippen LogP contribution >= 0.6 is 11.8 Å². The topological polar surface area (TPSA) is 82.5 Å². The third-order valence-corrected chi connectivity index (χ3v) is 4.73. The monoisotopic (exact) mass is 345 g/mol. The maximum atomic E-state index is 11.7. The molecule has 0 radical (unpaired) electrons. The van der Waals surface area contributed by atoms with E-state index >= 15 is 0 Å². The molecule has 1 aromatic rings. The fourth-order valence-corrected chi connectivity index (χ4v) is 3.61. The van der Waals surface area contributed by atoms with Gasteiger partial charge in [-0.05, 0) is 60.9 Å². The van der Waals surface area contributed by atoms with Crippen LogP contribution in [0.3, 0.4) is 0 Å². The normalized spacial score (nSPS) is 18.5. The Morgan fingerprint density at radius 3 is 3.04 bits per heavy atom. The van der Waals surface area contributed by atoms with Crippen LogP contribution in [0.5, 0.6) is 0 Å². The molecule has 0 bridgehead atoms. The summed E-state index contributed by atoms with van der Waals surface area (Å²) in [6.45, 7) is 3.29. The lowest BCUT2D eigenvalue weighted by Crippen LogP contribution is -2.35. The summed E-state index contributed by atoms with van der Waals surface area (Å²) in [6, 6.07) is 5.98. The van der Waals surface area contributed by atoms with Crippen molar-refractivity contribution in [3.8, 4) is 0 Å². The van der Waals surface area contributed by atoms with Gasteiger partial charge in [0.15, 0.2) is 5.17 Å². The zero-order chi connectivity index (χ0) is 17.1. The minimum atomic E-state index is -0.230. The highest BCUT2D eigenvalue weighted by Gasteiger charge is 2.23. The smallest absolute Gasteiger partial charge is 0.325 e. The van der Waals surface area contributed by atoms with Crippen molar-refractivity contribution < 1.29 is 14.3 Å². The quantitative estimate of drug-likeness (QED) is 0.645. The Kier molecular flexibility index (Phi) is 4.89. The summed E-state index contributed by atoms with van der Waals surface area (Å²) in [6.07, 6.45) is 3.72. The number of esters is 1. The SMILES string of the molecule is CCOC(=O)CN1CCCc2cc(/C=C3\SC(=N)NC3=O)ccc21. The Balaban J connectivity index is 1.81. The van der Waals surface area contributed by atoms with E-state index in [2.05, 4.69) is 11.4 Å². The van der Waals surface area contributed by atoms with E-state index in [1.165, 1.54) is 5.56 Å². The summed E-state index contributed by atoms with van der Waals surface area (Å²) in [7, 11) is 0. The second-order valence-corrected chi connectivity index (χ2v) is 6.66. The molecule has 7 heteroatoms. The molecule has 3 rings (SSSR count). The maximum absolute atomic E-state index is 11.7. The highest BCUT2D eigenvalue weighted by Crippen LogP contribution is 2.30. The Labute approximate surface area is 144 Å². The third-order valence-electron chi connectivity index (χ3n) is 3.90. The number of carbonyl (C=O) groups is 2. The zero-order valence-electron chi connectivity index (χ0n) is 13.4. The number of thioether (sulfide) groups is 1. The van der Waals surface area contributed by atoms with Gasteiger partial charge in [-0.25, -0.2) is 0 Å². The molecule has 0 aromatic heterocycles. The van der Waals surface area contributed by atoms with Crippen molar-refractivity contribution in [1.82, 2.24) is 5.32 Å². The number of hydrogen-bond donors (Lipinski definition) is 2. The number of amides is 1. The summed E-state index contributed by atoms with van der Waals surface area (Å²) < 4.78 is 5.04. The van der Waals surface area contributed by atoms with Gasteiger partial charge in [0.1, 0.15) is 6.54 Å². The molecule has 126 valence electrons. The number of nitrogens with zero attached hydrogens (tertiary/aromatic N) is 1. The van der Waals surface area contributed by atoms with Gasteiger partial charge in [0.05, 0.1) is 11.5 Å². The Morgan fingerprint density at radius 2 is 2.33 bits per heavy atom. The van der Waals surface area contributed by atoms with Crippen LogP contribution in [0.15, 0.2) is 23.1 Å². The molecule has 2 heterocycles. The number of carbonyl (C=O) groups excluding carboxylic acids is 2. The first kappa shape index (κ1) is 16.6. The zero-order valence-corrected chi connectivity index (χ0v) is 14.2. The molecule has 0 saturated carbocycles. The Morgan fingerprint density at radius 1 is 1.50 bits per heavy atom. The molecule has 1 aromatic carbocycles. The Bertz CT molecular complexity index is 730. The molecule has 0 atom stereocenters. The van der Waals surface area contributed by atoms with Gasteiger partial charge in [-0.2, -0.15) is 0 Å². The van der Waals surface area contributed by atoms with Crippen LogP contribution in [0.1, 0.15) is 24.5 Å². The summed E-state index contributed by atoms with van der Waals surface area (Å²) in [5, 5.41) is 10.1. The fourth-order valence-electron chi connectivity index (χ4n) is 2.90. The predicted molar refractivity (Wildman–Crippen MR) is 95.0 cm³/mol. The van der Waals surface area contributed by atoms with E-state index in [-0.39, 0.29) is 23.6 Å². The van der Waals surface area contributed by atoms with E-state index in [4.69, 9.17) is 10.1 Å². The summed E-state index contributed by atoms with van der Waals surface area (Å²) in [4.78, 5) is 26.0. The first-order valence-electron chi connectivity index (χ1n) is 7.89. The van der Waals surface area contributed by atoms with Gasteiger partial charge in [0.25, 0.3) is 5.91 Å². The molecule has 0 aliphatic carbocycles. The Hall–Kier alpha value is -2.28. The number of hydrogen-bond acceptors (Lipinski definition) is 6. The number of nitrogens with one attached hydrogen (secondary N) is 2. The van der Waals surface area contributed by atoms with Crippen molar-refractivity contribution in [3.63, 3.8) is 0 Å². The van der Waals surface area contributed by atoms with Gasteiger partial charge in [0.2, 0.25) is 0 Å². The number of fused-ring (bicyclic) bond motifs is 1. The molecule has 0 unspecified atom stereocenters. The second kappa shape index (κ2) is 7.09. The molecule has 1 saturated heterocycles. The van der Waals surface area contributed by atoms with E-state index in [1.807, 2.05) is 17.0 Å². The van der Waals surface area contributed by atoms with E-state index < -0.39 is 0 Å². The van der Waals surface area contributed by atoms with Crippen molar-refractivity contribution in [2.24, 2.45) is 0 Å². The van der Waals surface area contributed by atoms with Gasteiger partial charge in [-0.15, -0.1) is 0 Å². The van der Waals surface area contributed by atoms with Crippen LogP contribution in [0, 0.1) is 5.41 Å². The third kappa shape index (κ3) is 3.62. The van der Waals surface area contributed by atoms with Crippen molar-refractivity contribution in [2.75, 3.05) is 24.6 Å². The van der Waals surface area contributed by atoms with Crippen molar-refractivity contribution in [2.45, 2.75) is 19.8 Å². The molecule has 0 spiro atoms. The first-order valence-corrected chi connectivity index (χ1v) is 8.71. The number of anilines is 1. The lowest BCUT2D eigenvalue weighted by Gasteiger charge is -2.30. The van der Waals surface area contributed by atoms with Crippen LogP contribution in [0.25, 0.3) is 6.08 Å². The average Bonchev–Trinajstić information content (AvgIpc) is 2.85. The average molecular weight is 345 g/mol. The van der Waals surface area contributed by atoms with Gasteiger partial charge >= 0.3 is 5.97 Å². The summed E-state index contributed by atoms with van der Waals surface area (Å²) in [5.74, 6) is -0.444. The number of rotatable bonds is 4. The highest BCUT2D eigenvalue weighted by atomic mass is 32.2. The molecule has 24 heavy (non-hydrogen) atoms. The minimum Gasteiger partial charge on any atom is -0.465 e. The fraction of sp³-hybridized carbons (Fsp3) is 0.353. The van der Waals surface area contributed by atoms with Crippen LogP contribution in [0.2, 0.25) is 0 Å². The van der Waals surface area contributed by atoms with Crippen molar-refractivity contribution in [3.05, 3.63) is 34.2 Å². The van der Waals surface area contributed by atoms with E-state index in [0.717, 1.165) is 42.4 Å². The molecular weight excluding hydrogens is 326 g/mol. The molecule has 2 N–H and O–H groups in total. The lowest BCUT2D eigenvalue weighted by molar-refractivity contribution is -0.141. The van der Waals surface area contributed by atoms with Gasteiger partial charge < -0.3 is 15.0 Å². The van der Waals surface area contributed by atoms with Crippen molar-refractivity contribution >= 4 is 40.6 Å². The predicted octanol–water partition coefficient (Wildman–Crippen LogP) is 2.14. The number of benzene rings is 1.